The quantitative estimate of drug-likeness (QED) is 0.281. The van der Waals surface area contributed by atoms with Crippen LogP contribution in [0.2, 0.25) is 0 Å². The molecule has 4 aliphatic rings. The Morgan fingerprint density at radius 2 is 1.85 bits per heavy atom. The average Bonchev–Trinajstić information content (AvgIpc) is 3.47. The normalized spacial score (nSPS) is 36.1. The minimum absolute atomic E-state index is 0.0924. The van der Waals surface area contributed by atoms with Crippen LogP contribution in [0.3, 0.4) is 0 Å². The van der Waals surface area contributed by atoms with Crippen LogP contribution in [0.25, 0.3) is 0 Å². The summed E-state index contributed by atoms with van der Waals surface area (Å²) in [5, 5.41) is 24.5. The highest BCUT2D eigenvalue weighted by Crippen LogP contribution is 2.48. The van der Waals surface area contributed by atoms with Gasteiger partial charge in [0.2, 0.25) is 0 Å². The monoisotopic (exact) mass is 586 g/mol. The number of esters is 1. The van der Waals surface area contributed by atoms with Crippen molar-refractivity contribution in [2.45, 2.75) is 115 Å². The van der Waals surface area contributed by atoms with Gasteiger partial charge in [0.25, 0.3) is 5.79 Å². The number of nitrogens with zero attached hydrogens (tertiary/aromatic N) is 1. The Kier molecular flexibility index (Phi) is 8.74. The van der Waals surface area contributed by atoms with E-state index in [-0.39, 0.29) is 43.4 Å². The van der Waals surface area contributed by atoms with Gasteiger partial charge in [0.15, 0.2) is 11.6 Å². The Morgan fingerprint density at radius 3 is 2.46 bits per heavy atom. The maximum atomic E-state index is 12.9. The lowest BCUT2D eigenvalue weighted by Crippen LogP contribution is -2.53. The van der Waals surface area contributed by atoms with Gasteiger partial charge in [-0.05, 0) is 72.6 Å². The van der Waals surface area contributed by atoms with Crippen molar-refractivity contribution >= 4 is 18.0 Å². The van der Waals surface area contributed by atoms with Crippen molar-refractivity contribution in [2.75, 3.05) is 32.8 Å². The predicted octanol–water partition coefficient (Wildman–Crippen LogP) is 1.99. The van der Waals surface area contributed by atoms with Crippen molar-refractivity contribution in [1.82, 2.24) is 10.2 Å². The van der Waals surface area contributed by atoms with Gasteiger partial charge in [-0.25, -0.2) is 9.59 Å². The highest BCUT2D eigenvalue weighted by molar-refractivity contribution is 5.77. The van der Waals surface area contributed by atoms with Crippen LogP contribution < -0.4 is 5.32 Å². The summed E-state index contributed by atoms with van der Waals surface area (Å²) in [5.41, 5.74) is -1.04. The highest BCUT2D eigenvalue weighted by Gasteiger charge is 2.65. The summed E-state index contributed by atoms with van der Waals surface area (Å²) in [5.74, 6) is -6.51. The van der Waals surface area contributed by atoms with Crippen LogP contribution in [0.5, 0.6) is 0 Å². The summed E-state index contributed by atoms with van der Waals surface area (Å²) in [6, 6.07) is -0.473. The van der Waals surface area contributed by atoms with E-state index in [1.165, 1.54) is 6.92 Å². The number of aliphatic hydroxyl groups is 1. The maximum absolute atomic E-state index is 12.9. The number of ether oxygens (including phenoxy) is 6. The van der Waals surface area contributed by atoms with Crippen molar-refractivity contribution < 1.29 is 53.0 Å². The number of carbonyl (C=O) groups excluding carboxylic acids is 2. The van der Waals surface area contributed by atoms with Crippen molar-refractivity contribution in [1.29, 1.82) is 0 Å². The molecule has 0 radical (unpaired) electrons. The van der Waals surface area contributed by atoms with E-state index >= 15 is 0 Å². The molecule has 0 bridgehead atoms. The molecule has 3 unspecified atom stereocenters. The number of aliphatic carboxylic acids is 1. The molecule has 3 N–H and O–H groups in total. The molecule has 0 aromatic heterocycles. The highest BCUT2D eigenvalue weighted by atomic mass is 16.9. The number of nitrogens with one attached hydrogen (secondary N) is 1. The molecule has 0 saturated carbocycles. The third-order valence-corrected chi connectivity index (χ3v) is 8.29. The first kappa shape index (κ1) is 31.9. The Bertz CT molecular complexity index is 1010. The molecule has 1 spiro atoms. The van der Waals surface area contributed by atoms with Crippen LogP contribution in [-0.4, -0.2) is 107 Å². The zero-order valence-corrected chi connectivity index (χ0v) is 25.2. The maximum Gasteiger partial charge on any atom is 0.410 e. The lowest BCUT2D eigenvalue weighted by molar-refractivity contribution is -0.275. The number of piperidine rings is 1. The summed E-state index contributed by atoms with van der Waals surface area (Å²) in [6.45, 7) is 13.5. The van der Waals surface area contributed by atoms with E-state index in [4.69, 9.17) is 28.4 Å². The lowest BCUT2D eigenvalue weighted by Gasteiger charge is -2.47. The number of hydrogen-bond acceptors (Lipinski definition) is 11. The van der Waals surface area contributed by atoms with Crippen molar-refractivity contribution in [3.63, 3.8) is 0 Å². The van der Waals surface area contributed by atoms with Crippen molar-refractivity contribution in [3.05, 3.63) is 0 Å². The van der Waals surface area contributed by atoms with E-state index in [0.717, 1.165) is 0 Å². The third-order valence-electron chi connectivity index (χ3n) is 8.29. The van der Waals surface area contributed by atoms with Crippen LogP contribution in [0.1, 0.15) is 74.1 Å². The molecule has 13 nitrogen and oxygen atoms in total. The summed E-state index contributed by atoms with van der Waals surface area (Å²) < 4.78 is 34.0. The first-order valence-corrected chi connectivity index (χ1v) is 14.4. The second-order valence-electron chi connectivity index (χ2n) is 13.4. The second kappa shape index (κ2) is 11.2. The third kappa shape index (κ3) is 6.97. The molecule has 234 valence electrons. The average molecular weight is 587 g/mol. The van der Waals surface area contributed by atoms with Gasteiger partial charge in [0.1, 0.15) is 17.7 Å². The molecular formula is C28H46N2O11. The Morgan fingerprint density at radius 1 is 1.15 bits per heavy atom. The molecule has 0 aromatic carbocycles. The van der Waals surface area contributed by atoms with Gasteiger partial charge in [0, 0.05) is 32.5 Å². The van der Waals surface area contributed by atoms with E-state index < -0.39 is 53.3 Å². The molecule has 13 heteroatoms. The first-order valence-electron chi connectivity index (χ1n) is 14.4. The van der Waals surface area contributed by atoms with Crippen LogP contribution in [0.15, 0.2) is 0 Å². The van der Waals surface area contributed by atoms with Gasteiger partial charge in [-0.1, -0.05) is 0 Å². The number of hydrogen-bond donors (Lipinski definition) is 3. The number of likely N-dealkylation sites (tertiary alicyclic amines) is 1. The topological polar surface area (TPSA) is 162 Å². The summed E-state index contributed by atoms with van der Waals surface area (Å²) in [6.07, 6.45) is -0.442. The zero-order valence-electron chi connectivity index (χ0n) is 25.2. The largest absolute Gasteiger partial charge is 0.477 e. The Labute approximate surface area is 241 Å². The summed E-state index contributed by atoms with van der Waals surface area (Å²) >= 11 is 0. The number of fused-ring (bicyclic) bond motifs is 1. The van der Waals surface area contributed by atoms with E-state index in [1.54, 1.807) is 25.7 Å². The lowest BCUT2D eigenvalue weighted by atomic mass is 9.66. The predicted molar refractivity (Wildman–Crippen MR) is 142 cm³/mol. The summed E-state index contributed by atoms with van der Waals surface area (Å²) in [7, 11) is 0. The first-order chi connectivity index (χ1) is 18.9. The van der Waals surface area contributed by atoms with Gasteiger partial charge >= 0.3 is 18.0 Å². The van der Waals surface area contributed by atoms with Gasteiger partial charge in [0.05, 0.1) is 19.3 Å². The summed E-state index contributed by atoms with van der Waals surface area (Å²) in [4.78, 5) is 39.1. The smallest absolute Gasteiger partial charge is 0.410 e. The molecule has 0 aromatic rings. The molecule has 41 heavy (non-hydrogen) atoms. The second-order valence-corrected chi connectivity index (χ2v) is 13.4. The fraction of sp³-hybridized carbons (Fsp3) is 0.893. The molecule has 4 rings (SSSR count). The van der Waals surface area contributed by atoms with E-state index in [9.17, 15) is 24.6 Å². The number of amides is 1. The molecule has 4 fully saturated rings. The fourth-order valence-electron chi connectivity index (χ4n) is 6.51. The van der Waals surface area contributed by atoms with Crippen molar-refractivity contribution in [3.8, 4) is 0 Å². The minimum Gasteiger partial charge on any atom is -0.477 e. The SMILES string of the molecule is CCOC(=O)[C@@H]1CC2(CCN(C(=O)OC(C)(C)C)CC2CC(C)(O)OC[C@H]2C[C@@H]3OC(C)(C)O[C@]3(C(=O)O)O2)CN1. The number of carboxylic acids is 1. The van der Waals surface area contributed by atoms with Gasteiger partial charge in [-0.3, -0.25) is 4.79 Å². The molecule has 7 atom stereocenters. The Hall–Kier alpha value is -2.03. The molecule has 1 amide bonds. The molecular weight excluding hydrogens is 540 g/mol. The van der Waals surface area contributed by atoms with Crippen LogP contribution in [0.4, 0.5) is 4.79 Å². The van der Waals surface area contributed by atoms with Gasteiger partial charge < -0.3 is 48.9 Å². The number of carbonyl (C=O) groups is 3. The van der Waals surface area contributed by atoms with E-state index in [1.807, 2.05) is 20.8 Å². The molecule has 4 saturated heterocycles. The Balaban J connectivity index is 1.44. The fourth-order valence-corrected chi connectivity index (χ4v) is 6.51. The van der Waals surface area contributed by atoms with Crippen molar-refractivity contribution in [2.24, 2.45) is 11.3 Å². The number of carboxylic acid groups (broad SMARTS) is 1. The molecule has 4 aliphatic heterocycles. The van der Waals surface area contributed by atoms with Crippen LogP contribution >= 0.6 is 0 Å². The van der Waals surface area contributed by atoms with Crippen LogP contribution in [0, 0.1) is 11.3 Å². The molecule has 0 aliphatic carbocycles. The van der Waals surface area contributed by atoms with Gasteiger partial charge in [-0.15, -0.1) is 0 Å². The zero-order chi connectivity index (χ0) is 30.4. The van der Waals surface area contributed by atoms with Gasteiger partial charge in [-0.2, -0.15) is 0 Å². The van der Waals surface area contributed by atoms with Crippen LogP contribution in [-0.2, 0) is 38.0 Å². The van der Waals surface area contributed by atoms with E-state index in [0.29, 0.717) is 32.5 Å². The molecule has 4 heterocycles. The minimum atomic E-state index is -1.93. The van der Waals surface area contributed by atoms with E-state index in [2.05, 4.69) is 5.32 Å². The standard InChI is InChI=1S/C28H46N2O11/c1-8-36-21(31)19-13-27(16-29-19)9-10-30(23(34)40-24(2,3)4)14-17(27)12-26(7,35)37-15-18-11-20-28(38-18,22(32)33)41-25(5,6)39-20/h17-20,29,35H,8-16H2,1-7H3,(H,32,33)/t17?,18-,19+,20+,26?,27?,28-/m1/s1. The number of rotatable bonds is 8.